The van der Waals surface area contributed by atoms with Crippen molar-refractivity contribution >= 4 is 15.7 Å². The van der Waals surface area contributed by atoms with Gasteiger partial charge in [-0.2, -0.15) is 0 Å². The predicted octanol–water partition coefficient (Wildman–Crippen LogP) is 5.94. The van der Waals surface area contributed by atoms with Gasteiger partial charge in [-0.1, -0.05) is 78.9 Å². The summed E-state index contributed by atoms with van der Waals surface area (Å²) in [5.41, 5.74) is 4.82. The van der Waals surface area contributed by atoms with Crippen molar-refractivity contribution in [3.05, 3.63) is 155 Å². The summed E-state index contributed by atoms with van der Waals surface area (Å²) in [6, 6.07) is 34.6. The van der Waals surface area contributed by atoms with Crippen LogP contribution in [0, 0.1) is 6.92 Å². The summed E-state index contributed by atoms with van der Waals surface area (Å²) >= 11 is 0. The van der Waals surface area contributed by atoms with Crippen LogP contribution in [0.2, 0.25) is 0 Å². The van der Waals surface area contributed by atoms with E-state index in [0.717, 1.165) is 27.9 Å². The molecular weight excluding hydrogens is 611 g/mol. The Morgan fingerprint density at radius 1 is 0.851 bits per heavy atom. The molecule has 4 aromatic carbocycles. The Balaban J connectivity index is 1.29. The number of rotatable bonds is 14. The Kier molecular flexibility index (Phi) is 11.2. The van der Waals surface area contributed by atoms with Gasteiger partial charge < -0.3 is 15.2 Å². The van der Waals surface area contributed by atoms with Crippen LogP contribution in [0.1, 0.15) is 44.4 Å². The van der Waals surface area contributed by atoms with Gasteiger partial charge >= 0.3 is 0 Å². The smallest absolute Gasteiger partial charge is 0.254 e. The van der Waals surface area contributed by atoms with Gasteiger partial charge in [0.2, 0.25) is 9.84 Å². The summed E-state index contributed by atoms with van der Waals surface area (Å²) in [6.07, 6.45) is 1.66. The van der Waals surface area contributed by atoms with E-state index in [1.165, 1.54) is 25.2 Å². The number of pyridine rings is 1. The molecule has 0 aliphatic heterocycles. The van der Waals surface area contributed by atoms with Crippen LogP contribution in [0.15, 0.2) is 131 Å². The number of ether oxygens (including phenoxy) is 1. The first-order valence-corrected chi connectivity index (χ1v) is 16.9. The molecule has 2 N–H and O–H groups in total. The van der Waals surface area contributed by atoms with Crippen molar-refractivity contribution in [1.82, 2.24) is 15.2 Å². The molecule has 8 nitrogen and oxygen atoms in total. The average Bonchev–Trinajstić information content (AvgIpc) is 3.10. The topological polar surface area (TPSA) is 109 Å². The highest BCUT2D eigenvalue weighted by Gasteiger charge is 2.22. The number of carbonyl (C=O) groups is 1. The van der Waals surface area contributed by atoms with E-state index in [9.17, 15) is 18.3 Å². The maximum atomic E-state index is 13.6. The van der Waals surface area contributed by atoms with E-state index < -0.39 is 21.8 Å². The summed E-state index contributed by atoms with van der Waals surface area (Å²) in [4.78, 5) is 19.3. The summed E-state index contributed by atoms with van der Waals surface area (Å²) in [7, 11) is -2.42. The van der Waals surface area contributed by atoms with Crippen molar-refractivity contribution in [3.8, 4) is 5.75 Å². The van der Waals surface area contributed by atoms with Crippen LogP contribution in [0.25, 0.3) is 0 Å². The lowest BCUT2D eigenvalue weighted by Gasteiger charge is -2.25. The monoisotopic (exact) mass is 649 g/mol. The molecule has 1 aromatic heterocycles. The number of hydrogen-bond acceptors (Lipinski definition) is 7. The minimum atomic E-state index is -3.91. The second kappa shape index (κ2) is 15.6. The Bertz CT molecular complexity index is 1870. The van der Waals surface area contributed by atoms with Gasteiger partial charge in [0.05, 0.1) is 21.5 Å². The van der Waals surface area contributed by atoms with Crippen LogP contribution in [0.3, 0.4) is 0 Å². The van der Waals surface area contributed by atoms with E-state index in [1.54, 1.807) is 18.3 Å². The highest BCUT2D eigenvalue weighted by molar-refractivity contribution is 7.91. The Morgan fingerprint density at radius 3 is 2.15 bits per heavy atom. The molecule has 1 heterocycles. The molecule has 0 bridgehead atoms. The fraction of sp³-hybridized carbons (Fsp3) is 0.211. The number of aryl methyl sites for hydroxylation is 1. The zero-order valence-electron chi connectivity index (χ0n) is 26.5. The second-order valence-corrected chi connectivity index (χ2v) is 13.3. The van der Waals surface area contributed by atoms with Gasteiger partial charge in [-0.25, -0.2) is 8.42 Å². The Labute approximate surface area is 276 Å². The van der Waals surface area contributed by atoms with Crippen molar-refractivity contribution < 1.29 is 23.1 Å². The third-order valence-corrected chi connectivity index (χ3v) is 9.69. The number of amides is 1. The van der Waals surface area contributed by atoms with Crippen molar-refractivity contribution in [3.63, 3.8) is 0 Å². The zero-order chi connectivity index (χ0) is 33.2. The summed E-state index contributed by atoms with van der Waals surface area (Å²) < 4.78 is 33.2. The minimum absolute atomic E-state index is 0.00419. The zero-order valence-corrected chi connectivity index (χ0v) is 27.4. The number of aliphatic hydroxyl groups is 1. The van der Waals surface area contributed by atoms with Crippen LogP contribution in [-0.4, -0.2) is 49.5 Å². The third-order valence-electron chi connectivity index (χ3n) is 7.92. The van der Waals surface area contributed by atoms with Crippen LogP contribution in [0.5, 0.6) is 5.75 Å². The summed E-state index contributed by atoms with van der Waals surface area (Å²) in [5.74, 6) is -0.143. The molecule has 0 unspecified atom stereocenters. The molecule has 1 amide bonds. The maximum absolute atomic E-state index is 13.6. The molecule has 0 aliphatic rings. The number of benzene rings is 4. The molecule has 1 atom stereocenters. The largest absolute Gasteiger partial charge is 0.488 e. The first kappa shape index (κ1) is 33.5. The molecule has 0 aliphatic carbocycles. The first-order valence-electron chi connectivity index (χ1n) is 15.5. The third kappa shape index (κ3) is 8.92. The molecule has 0 fully saturated rings. The second-order valence-electron chi connectivity index (χ2n) is 11.4. The van der Waals surface area contributed by atoms with E-state index in [1.807, 2.05) is 79.7 Å². The normalized spacial score (nSPS) is 12.1. The van der Waals surface area contributed by atoms with Gasteiger partial charge in [-0.05, 0) is 66.4 Å². The quantitative estimate of drug-likeness (QED) is 0.153. The molecule has 0 radical (unpaired) electrons. The molecule has 242 valence electrons. The number of carbonyl (C=O) groups excluding carboxylic acids is 1. The molecule has 9 heteroatoms. The molecule has 0 spiro atoms. The number of aromatic nitrogens is 1. The maximum Gasteiger partial charge on any atom is 0.254 e. The molecular formula is C38H39N3O5S. The van der Waals surface area contributed by atoms with Crippen LogP contribution >= 0.6 is 0 Å². The number of hydrogen-bond donors (Lipinski definition) is 2. The lowest BCUT2D eigenvalue weighted by molar-refractivity contribution is 0.0958. The van der Waals surface area contributed by atoms with E-state index in [-0.39, 0.29) is 22.0 Å². The van der Waals surface area contributed by atoms with Crippen molar-refractivity contribution in [2.45, 2.75) is 42.4 Å². The average molecular weight is 650 g/mol. The highest BCUT2D eigenvalue weighted by Crippen LogP contribution is 2.28. The predicted molar refractivity (Wildman–Crippen MR) is 182 cm³/mol. The van der Waals surface area contributed by atoms with Gasteiger partial charge in [0, 0.05) is 44.1 Å². The summed E-state index contributed by atoms with van der Waals surface area (Å²) in [6.45, 7) is 3.88. The molecule has 0 saturated heterocycles. The number of aliphatic hydroxyl groups excluding tert-OH is 1. The van der Waals surface area contributed by atoms with E-state index in [4.69, 9.17) is 4.74 Å². The molecule has 5 aromatic rings. The fourth-order valence-electron chi connectivity index (χ4n) is 5.21. The Hall–Kier alpha value is -4.83. The van der Waals surface area contributed by atoms with Gasteiger partial charge in [0.15, 0.2) is 0 Å². The first-order chi connectivity index (χ1) is 22.7. The van der Waals surface area contributed by atoms with Gasteiger partial charge in [0.1, 0.15) is 12.4 Å². The molecule has 0 saturated carbocycles. The highest BCUT2D eigenvalue weighted by atomic mass is 32.2. The number of sulfone groups is 1. The van der Waals surface area contributed by atoms with E-state index in [0.29, 0.717) is 31.8 Å². The molecule has 5 rings (SSSR count). The van der Waals surface area contributed by atoms with E-state index in [2.05, 4.69) is 27.3 Å². The SMILES string of the molecule is CNC(=O)c1cc(S(=O)(=O)c2ccc(CCN(Cc3ccccc3)C[C@@H](O)c3ccc(C)nc3)cc2)ccc1OCc1ccccc1. The molecule has 47 heavy (non-hydrogen) atoms. The number of nitrogens with zero attached hydrogens (tertiary/aromatic N) is 2. The van der Waals surface area contributed by atoms with Crippen molar-refractivity contribution in [2.24, 2.45) is 0 Å². The van der Waals surface area contributed by atoms with Crippen LogP contribution < -0.4 is 10.1 Å². The van der Waals surface area contributed by atoms with E-state index >= 15 is 0 Å². The van der Waals surface area contributed by atoms with Crippen molar-refractivity contribution in [2.75, 3.05) is 20.1 Å². The Morgan fingerprint density at radius 2 is 1.51 bits per heavy atom. The van der Waals surface area contributed by atoms with Crippen LogP contribution in [0.4, 0.5) is 0 Å². The van der Waals surface area contributed by atoms with Gasteiger partial charge in [0.25, 0.3) is 5.91 Å². The van der Waals surface area contributed by atoms with Gasteiger partial charge in [-0.3, -0.25) is 14.7 Å². The lowest BCUT2D eigenvalue weighted by Crippen LogP contribution is -2.30. The fourth-order valence-corrected chi connectivity index (χ4v) is 6.50. The number of nitrogens with one attached hydrogen (secondary N) is 1. The minimum Gasteiger partial charge on any atom is -0.488 e. The standard InChI is InChI=1S/C38H39N3O5S/c1-28-13-16-32(24-40-28)36(42)26-41(25-30-9-5-3-6-10-30)22-21-29-14-17-33(18-15-29)47(44,45)34-19-20-37(35(23-34)38(43)39-2)46-27-31-11-7-4-8-12-31/h3-20,23-24,36,42H,21-22,25-27H2,1-2H3,(H,39,43)/t36-/m1/s1. The van der Waals surface area contributed by atoms with Gasteiger partial charge in [-0.15, -0.1) is 0 Å². The van der Waals surface area contributed by atoms with Crippen LogP contribution in [-0.2, 0) is 29.4 Å². The summed E-state index contributed by atoms with van der Waals surface area (Å²) in [5, 5.41) is 13.5. The van der Waals surface area contributed by atoms with Crippen molar-refractivity contribution in [1.29, 1.82) is 0 Å². The lowest BCUT2D eigenvalue weighted by atomic mass is 10.1.